The number of hydrogen-bond acceptors (Lipinski definition) is 1. The second-order valence-electron chi connectivity index (χ2n) is 3.77. The minimum atomic E-state index is -0.765. The van der Waals surface area contributed by atoms with Crippen molar-refractivity contribution in [2.75, 3.05) is 0 Å². The molecule has 0 amide bonds. The molecule has 0 rings (SSSR count). The molecule has 0 aromatic carbocycles. The van der Waals surface area contributed by atoms with Gasteiger partial charge in [0.05, 0.1) is 0 Å². The van der Waals surface area contributed by atoms with E-state index in [1.54, 1.807) is 0 Å². The Morgan fingerprint density at radius 3 is 1.54 bits per heavy atom. The van der Waals surface area contributed by atoms with Crippen LogP contribution in [-0.4, -0.2) is 18.1 Å². The number of hydrogen-bond donors (Lipinski definition) is 0. The first-order chi connectivity index (χ1) is 6.28. The molecule has 0 heterocycles. The summed E-state index contributed by atoms with van der Waals surface area (Å²) in [6.07, 6.45) is 2.65. The Kier molecular flexibility index (Phi) is 9.24. The van der Waals surface area contributed by atoms with E-state index < -0.39 is 18.1 Å². The summed E-state index contributed by atoms with van der Waals surface area (Å²) in [5.74, 6) is 0. The smallest absolute Gasteiger partial charge is 0.162 e. The first kappa shape index (κ1) is 13.4. The predicted molar refractivity (Wildman–Crippen MR) is 66.5 cm³/mol. The molecule has 0 spiro atoms. The van der Waals surface area contributed by atoms with E-state index in [9.17, 15) is 0 Å². The zero-order valence-corrected chi connectivity index (χ0v) is 12.1. The highest BCUT2D eigenvalue weighted by Crippen LogP contribution is 2.11. The molecule has 0 atom stereocenters. The van der Waals surface area contributed by atoms with Gasteiger partial charge < -0.3 is 4.12 Å². The maximum absolute atomic E-state index is 6.31. The van der Waals surface area contributed by atoms with E-state index in [1.807, 2.05) is 0 Å². The molecule has 80 valence electrons. The van der Waals surface area contributed by atoms with Gasteiger partial charge in [0.25, 0.3) is 0 Å². The fourth-order valence-corrected chi connectivity index (χ4v) is 8.64. The lowest BCUT2D eigenvalue weighted by Crippen LogP contribution is -2.27. The first-order valence-corrected chi connectivity index (χ1v) is 10.1. The molecule has 0 aliphatic carbocycles. The van der Waals surface area contributed by atoms with E-state index in [2.05, 4.69) is 27.7 Å². The maximum atomic E-state index is 6.31. The van der Waals surface area contributed by atoms with Crippen LogP contribution in [0.2, 0.25) is 24.2 Å². The Labute approximate surface area is 87.3 Å². The molecule has 1 nitrogen and oxygen atoms in total. The fourth-order valence-electron chi connectivity index (χ4n) is 1.68. The minimum Gasteiger partial charge on any atom is -0.460 e. The van der Waals surface area contributed by atoms with Crippen molar-refractivity contribution >= 4 is 18.1 Å². The largest absolute Gasteiger partial charge is 0.460 e. The molecular weight excluding hydrogens is 192 g/mol. The van der Waals surface area contributed by atoms with Crippen LogP contribution >= 0.6 is 0 Å². The van der Waals surface area contributed by atoms with Crippen LogP contribution in [-0.2, 0) is 4.12 Å². The zero-order valence-electron chi connectivity index (χ0n) is 9.81. The molecule has 0 aliphatic heterocycles. The van der Waals surface area contributed by atoms with Gasteiger partial charge in [-0.25, -0.2) is 0 Å². The third kappa shape index (κ3) is 6.46. The van der Waals surface area contributed by atoms with Crippen LogP contribution in [0.1, 0.15) is 40.5 Å². The van der Waals surface area contributed by atoms with Crippen LogP contribution in [0, 0.1) is 0 Å². The summed E-state index contributed by atoms with van der Waals surface area (Å²) >= 11 is 0. The molecule has 0 fully saturated rings. The van der Waals surface area contributed by atoms with Crippen molar-refractivity contribution in [1.29, 1.82) is 0 Å². The van der Waals surface area contributed by atoms with Crippen molar-refractivity contribution in [3.63, 3.8) is 0 Å². The standard InChI is InChI=1S/C10H26OSi2/c1-5-9-13(10-6-2)11-12(7-3)8-4/h12-13H,5-10H2,1-4H3. The second-order valence-corrected chi connectivity index (χ2v) is 10.1. The average molecular weight is 218 g/mol. The highest BCUT2D eigenvalue weighted by Gasteiger charge is 2.15. The van der Waals surface area contributed by atoms with E-state index in [0.717, 1.165) is 0 Å². The lowest BCUT2D eigenvalue weighted by Gasteiger charge is -2.21. The lowest BCUT2D eigenvalue weighted by atomic mass is 10.6. The van der Waals surface area contributed by atoms with Crippen LogP contribution < -0.4 is 0 Å². The van der Waals surface area contributed by atoms with E-state index in [1.165, 1.54) is 37.0 Å². The monoisotopic (exact) mass is 218 g/mol. The number of rotatable bonds is 8. The van der Waals surface area contributed by atoms with Crippen molar-refractivity contribution < 1.29 is 4.12 Å². The molecule has 0 aromatic heterocycles. The van der Waals surface area contributed by atoms with E-state index in [4.69, 9.17) is 4.12 Å². The van der Waals surface area contributed by atoms with Gasteiger partial charge in [-0.15, -0.1) is 0 Å². The Balaban J connectivity index is 3.76. The van der Waals surface area contributed by atoms with Crippen LogP contribution in [0.3, 0.4) is 0 Å². The van der Waals surface area contributed by atoms with Gasteiger partial charge >= 0.3 is 0 Å². The quantitative estimate of drug-likeness (QED) is 0.568. The lowest BCUT2D eigenvalue weighted by molar-refractivity contribution is 0.568. The van der Waals surface area contributed by atoms with Crippen LogP contribution in [0.25, 0.3) is 0 Å². The van der Waals surface area contributed by atoms with Crippen molar-refractivity contribution in [2.24, 2.45) is 0 Å². The molecule has 0 saturated heterocycles. The van der Waals surface area contributed by atoms with Gasteiger partial charge in [0.1, 0.15) is 0 Å². The normalized spacial score (nSPS) is 11.5. The third-order valence-electron chi connectivity index (χ3n) is 2.52. The van der Waals surface area contributed by atoms with Crippen LogP contribution in [0.15, 0.2) is 0 Å². The van der Waals surface area contributed by atoms with E-state index >= 15 is 0 Å². The van der Waals surface area contributed by atoms with Gasteiger partial charge in [-0.2, -0.15) is 0 Å². The molecule has 13 heavy (non-hydrogen) atoms. The Hall–Kier alpha value is 0.394. The fraction of sp³-hybridized carbons (Fsp3) is 1.00. The molecule has 0 aromatic rings. The van der Waals surface area contributed by atoms with E-state index in [0.29, 0.717) is 0 Å². The highest BCUT2D eigenvalue weighted by atomic mass is 28.4. The molecule has 0 aliphatic rings. The molecule has 0 bridgehead atoms. The summed E-state index contributed by atoms with van der Waals surface area (Å²) in [5.41, 5.74) is 0. The van der Waals surface area contributed by atoms with Gasteiger partial charge in [0, 0.05) is 0 Å². The topological polar surface area (TPSA) is 9.23 Å². The summed E-state index contributed by atoms with van der Waals surface area (Å²) in [5, 5.41) is 0. The van der Waals surface area contributed by atoms with Gasteiger partial charge in [-0.3, -0.25) is 0 Å². The molecule has 0 unspecified atom stereocenters. The summed E-state index contributed by atoms with van der Waals surface area (Å²) in [6.45, 7) is 9.16. The zero-order chi connectivity index (χ0) is 10.1. The van der Waals surface area contributed by atoms with Crippen LogP contribution in [0.4, 0.5) is 0 Å². The molecule has 3 heteroatoms. The van der Waals surface area contributed by atoms with Gasteiger partial charge in [0.2, 0.25) is 0 Å². The van der Waals surface area contributed by atoms with Crippen molar-refractivity contribution in [1.82, 2.24) is 0 Å². The van der Waals surface area contributed by atoms with E-state index in [-0.39, 0.29) is 0 Å². The summed E-state index contributed by atoms with van der Waals surface area (Å²) < 4.78 is 6.31. The Bertz CT molecular complexity index is 99.1. The summed E-state index contributed by atoms with van der Waals surface area (Å²) in [6, 6.07) is 5.45. The molecule has 0 saturated carbocycles. The van der Waals surface area contributed by atoms with Crippen molar-refractivity contribution in [3.05, 3.63) is 0 Å². The molecule has 0 radical (unpaired) electrons. The molecule has 0 N–H and O–H groups in total. The van der Waals surface area contributed by atoms with Gasteiger partial charge in [-0.05, 0) is 24.2 Å². The third-order valence-corrected chi connectivity index (χ3v) is 9.86. The first-order valence-electron chi connectivity index (χ1n) is 5.93. The van der Waals surface area contributed by atoms with Crippen molar-refractivity contribution in [2.45, 2.75) is 64.7 Å². The highest BCUT2D eigenvalue weighted by molar-refractivity contribution is 6.66. The maximum Gasteiger partial charge on any atom is 0.162 e. The average Bonchev–Trinajstić information content (AvgIpc) is 2.14. The minimum absolute atomic E-state index is 0.751. The van der Waals surface area contributed by atoms with Gasteiger partial charge in [0.15, 0.2) is 18.1 Å². The Morgan fingerprint density at radius 1 is 0.769 bits per heavy atom. The SMILES string of the molecule is CCC[SiH](CCC)O[SiH](CC)CC. The summed E-state index contributed by atoms with van der Waals surface area (Å²) in [7, 11) is -1.52. The predicted octanol–water partition coefficient (Wildman–Crippen LogP) is 3.31. The van der Waals surface area contributed by atoms with Crippen LogP contribution in [0.5, 0.6) is 0 Å². The Morgan fingerprint density at radius 2 is 1.23 bits per heavy atom. The van der Waals surface area contributed by atoms with Crippen molar-refractivity contribution in [3.8, 4) is 0 Å². The summed E-state index contributed by atoms with van der Waals surface area (Å²) in [4.78, 5) is 0. The second kappa shape index (κ2) is 8.97. The van der Waals surface area contributed by atoms with Gasteiger partial charge in [-0.1, -0.05) is 40.5 Å². The molecular formula is C10H26OSi2.